The Balaban J connectivity index is 1.72. The summed E-state index contributed by atoms with van der Waals surface area (Å²) in [5.41, 5.74) is 4.22. The maximum atomic E-state index is 13.6. The Morgan fingerprint density at radius 1 is 1.00 bits per heavy atom. The van der Waals surface area contributed by atoms with Crippen molar-refractivity contribution in [3.05, 3.63) is 122 Å². The first-order chi connectivity index (χ1) is 17.4. The molecule has 3 aromatic rings. The van der Waals surface area contributed by atoms with Crippen molar-refractivity contribution in [2.24, 2.45) is 0 Å². The Bertz CT molecular complexity index is 1420. The van der Waals surface area contributed by atoms with Gasteiger partial charge in [0.1, 0.15) is 0 Å². The topological polar surface area (TPSA) is 82.0 Å². The fraction of sp³-hybridized carbons (Fsp3) is 0.138. The van der Waals surface area contributed by atoms with Crippen LogP contribution >= 0.6 is 23.4 Å². The molecule has 0 fully saturated rings. The summed E-state index contributed by atoms with van der Waals surface area (Å²) in [5, 5.41) is 17.4. The number of nitriles is 1. The van der Waals surface area contributed by atoms with Gasteiger partial charge in [0.15, 0.2) is 5.78 Å². The molecule has 7 heteroatoms. The van der Waals surface area contributed by atoms with Crippen molar-refractivity contribution in [1.29, 1.82) is 5.26 Å². The number of para-hydroxylation sites is 1. The third kappa shape index (κ3) is 5.38. The smallest absolute Gasteiger partial charge is 0.254 e. The number of aryl methyl sites for hydroxylation is 1. The lowest BCUT2D eigenvalue weighted by Crippen LogP contribution is -2.31. The van der Waals surface area contributed by atoms with Gasteiger partial charge in [-0.3, -0.25) is 9.59 Å². The van der Waals surface area contributed by atoms with Gasteiger partial charge in [-0.05, 0) is 37.1 Å². The molecule has 1 atom stereocenters. The van der Waals surface area contributed by atoms with E-state index in [4.69, 9.17) is 11.6 Å². The van der Waals surface area contributed by atoms with E-state index in [1.54, 1.807) is 31.2 Å². The first kappa shape index (κ1) is 25.3. The van der Waals surface area contributed by atoms with Gasteiger partial charge >= 0.3 is 0 Å². The number of allylic oxidation sites excluding steroid dienone is 2. The highest BCUT2D eigenvalue weighted by molar-refractivity contribution is 8.03. The average Bonchev–Trinajstić information content (AvgIpc) is 2.89. The molecule has 1 aliphatic rings. The van der Waals surface area contributed by atoms with Crippen LogP contribution < -0.4 is 10.6 Å². The molecule has 0 unspecified atom stereocenters. The van der Waals surface area contributed by atoms with Crippen molar-refractivity contribution >= 4 is 40.7 Å². The first-order valence-corrected chi connectivity index (χ1v) is 12.7. The number of benzene rings is 3. The second-order valence-electron chi connectivity index (χ2n) is 8.32. The molecule has 5 nitrogen and oxygen atoms in total. The number of rotatable bonds is 7. The summed E-state index contributed by atoms with van der Waals surface area (Å²) in [6, 6.07) is 26.0. The summed E-state index contributed by atoms with van der Waals surface area (Å²) in [5.74, 6) is -0.920. The molecule has 0 aromatic heterocycles. The summed E-state index contributed by atoms with van der Waals surface area (Å²) in [4.78, 5) is 26.3. The quantitative estimate of drug-likeness (QED) is 0.348. The molecule has 180 valence electrons. The normalized spacial score (nSPS) is 15.2. The molecule has 2 N–H and O–H groups in total. The Morgan fingerprint density at radius 3 is 2.36 bits per heavy atom. The van der Waals surface area contributed by atoms with E-state index in [2.05, 4.69) is 16.7 Å². The van der Waals surface area contributed by atoms with E-state index >= 15 is 0 Å². The predicted octanol–water partition coefficient (Wildman–Crippen LogP) is 6.60. The average molecular weight is 514 g/mol. The van der Waals surface area contributed by atoms with Gasteiger partial charge in [0.25, 0.3) is 5.91 Å². The van der Waals surface area contributed by atoms with E-state index in [9.17, 15) is 14.9 Å². The Labute approximate surface area is 219 Å². The standard InChI is InChI=1S/C29H24ClN3O2S/c1-18-10-6-9-15-24(18)33-28(35)26-19(2)32-29(36-17-25(34)20-11-4-3-5-12-20)22(16-31)27(26)21-13-7-8-14-23(21)30/h3-15,27,32H,17H2,1-2H3,(H,33,35)/t27-/m1/s1. The van der Waals surface area contributed by atoms with Gasteiger partial charge in [-0.2, -0.15) is 5.26 Å². The number of Topliss-reactive ketones (excluding diaryl/α,β-unsaturated/α-hetero) is 1. The van der Waals surface area contributed by atoms with Gasteiger partial charge in [0.2, 0.25) is 0 Å². The van der Waals surface area contributed by atoms with Crippen LogP contribution in [-0.4, -0.2) is 17.4 Å². The van der Waals surface area contributed by atoms with Gasteiger partial charge < -0.3 is 10.6 Å². The zero-order chi connectivity index (χ0) is 25.7. The second kappa shape index (κ2) is 11.3. The number of dihydropyridines is 1. The highest BCUT2D eigenvalue weighted by Crippen LogP contribution is 2.43. The highest BCUT2D eigenvalue weighted by atomic mass is 35.5. The zero-order valence-corrected chi connectivity index (χ0v) is 21.4. The van der Waals surface area contributed by atoms with Gasteiger partial charge in [-0.1, -0.05) is 90.1 Å². The van der Waals surface area contributed by atoms with E-state index in [-0.39, 0.29) is 17.4 Å². The second-order valence-corrected chi connectivity index (χ2v) is 9.71. The summed E-state index contributed by atoms with van der Waals surface area (Å²) in [7, 11) is 0. The monoisotopic (exact) mass is 513 g/mol. The summed E-state index contributed by atoms with van der Waals surface area (Å²) in [6.45, 7) is 3.71. The molecular formula is C29H24ClN3O2S. The van der Waals surface area contributed by atoms with Crippen molar-refractivity contribution in [3.8, 4) is 6.07 Å². The highest BCUT2D eigenvalue weighted by Gasteiger charge is 2.36. The van der Waals surface area contributed by atoms with Gasteiger partial charge in [0, 0.05) is 27.5 Å². The Kier molecular flexibility index (Phi) is 7.94. The van der Waals surface area contributed by atoms with Gasteiger partial charge in [-0.15, -0.1) is 0 Å². The number of hydrogen-bond donors (Lipinski definition) is 2. The maximum Gasteiger partial charge on any atom is 0.254 e. The van der Waals surface area contributed by atoms with Crippen LogP contribution in [0.25, 0.3) is 0 Å². The van der Waals surface area contributed by atoms with Gasteiger partial charge in [0.05, 0.1) is 28.3 Å². The number of amides is 1. The zero-order valence-electron chi connectivity index (χ0n) is 19.8. The van der Waals surface area contributed by atoms with Crippen molar-refractivity contribution < 1.29 is 9.59 Å². The summed E-state index contributed by atoms with van der Waals surface area (Å²) < 4.78 is 0. The molecule has 3 aromatic carbocycles. The lowest BCUT2D eigenvalue weighted by molar-refractivity contribution is -0.113. The number of nitrogens with one attached hydrogen (secondary N) is 2. The number of ketones is 1. The minimum Gasteiger partial charge on any atom is -0.353 e. The van der Waals surface area contributed by atoms with Crippen LogP contribution in [0.15, 0.2) is 101 Å². The number of anilines is 1. The summed E-state index contributed by atoms with van der Waals surface area (Å²) >= 11 is 7.82. The number of nitrogens with zero attached hydrogens (tertiary/aromatic N) is 1. The fourth-order valence-corrected chi connectivity index (χ4v) is 5.33. The van der Waals surface area contributed by atoms with Crippen LogP contribution in [0.5, 0.6) is 0 Å². The van der Waals surface area contributed by atoms with Crippen LogP contribution in [0, 0.1) is 18.3 Å². The lowest BCUT2D eigenvalue weighted by atomic mass is 9.82. The Morgan fingerprint density at radius 2 is 1.67 bits per heavy atom. The van der Waals surface area contributed by atoms with E-state index in [1.807, 2.05) is 61.5 Å². The van der Waals surface area contributed by atoms with Crippen LogP contribution in [0.2, 0.25) is 5.02 Å². The van der Waals surface area contributed by atoms with E-state index in [0.29, 0.717) is 43.7 Å². The third-order valence-corrected chi connectivity index (χ3v) is 7.31. The third-order valence-electron chi connectivity index (χ3n) is 5.94. The van der Waals surface area contributed by atoms with Gasteiger partial charge in [-0.25, -0.2) is 0 Å². The number of halogens is 1. The fourth-order valence-electron chi connectivity index (χ4n) is 4.10. The van der Waals surface area contributed by atoms with Crippen molar-refractivity contribution in [2.75, 3.05) is 11.1 Å². The number of thioether (sulfide) groups is 1. The predicted molar refractivity (Wildman–Crippen MR) is 146 cm³/mol. The first-order valence-electron chi connectivity index (χ1n) is 11.3. The number of carbonyl (C=O) groups is 2. The van der Waals surface area contributed by atoms with Crippen molar-refractivity contribution in [1.82, 2.24) is 5.32 Å². The van der Waals surface area contributed by atoms with Crippen LogP contribution in [0.4, 0.5) is 5.69 Å². The molecule has 0 radical (unpaired) electrons. The van der Waals surface area contributed by atoms with Crippen molar-refractivity contribution in [3.63, 3.8) is 0 Å². The summed E-state index contributed by atoms with van der Waals surface area (Å²) in [6.07, 6.45) is 0. The van der Waals surface area contributed by atoms with Crippen LogP contribution in [-0.2, 0) is 4.79 Å². The molecule has 0 saturated heterocycles. The molecule has 1 aliphatic heterocycles. The molecule has 1 heterocycles. The SMILES string of the molecule is CC1=C(C(=O)Nc2ccccc2C)[C@H](c2ccccc2Cl)C(C#N)=C(SCC(=O)c2ccccc2)N1. The van der Waals surface area contributed by atoms with Crippen LogP contribution in [0.3, 0.4) is 0 Å². The molecule has 0 bridgehead atoms. The molecule has 36 heavy (non-hydrogen) atoms. The van der Waals surface area contributed by atoms with E-state index < -0.39 is 5.92 Å². The molecule has 4 rings (SSSR count). The minimum atomic E-state index is -0.691. The molecule has 1 amide bonds. The Hall–Kier alpha value is -3.79. The minimum absolute atomic E-state index is 0.0498. The van der Waals surface area contributed by atoms with Crippen molar-refractivity contribution in [2.45, 2.75) is 19.8 Å². The molecule has 0 aliphatic carbocycles. The van der Waals surface area contributed by atoms with Crippen LogP contribution in [0.1, 0.15) is 34.3 Å². The maximum absolute atomic E-state index is 13.6. The largest absolute Gasteiger partial charge is 0.353 e. The number of carbonyl (C=O) groups excluding carboxylic acids is 2. The molecule has 0 saturated carbocycles. The molecular weight excluding hydrogens is 490 g/mol. The van der Waals surface area contributed by atoms with E-state index in [0.717, 1.165) is 5.56 Å². The number of hydrogen-bond acceptors (Lipinski definition) is 5. The lowest BCUT2D eigenvalue weighted by Gasteiger charge is -2.30. The molecule has 0 spiro atoms. The van der Waals surface area contributed by atoms with E-state index in [1.165, 1.54) is 11.8 Å².